The van der Waals surface area contributed by atoms with Gasteiger partial charge in [0.15, 0.2) is 0 Å². The van der Waals surface area contributed by atoms with Crippen LogP contribution in [0.4, 0.5) is 5.69 Å². The smallest absolute Gasteiger partial charge is 0.221 e. The molecule has 0 bridgehead atoms. The Morgan fingerprint density at radius 2 is 2.06 bits per heavy atom. The normalized spacial score (nSPS) is 9.44. The molecule has 1 aromatic carbocycles. The van der Waals surface area contributed by atoms with E-state index in [1.807, 2.05) is 6.07 Å². The van der Waals surface area contributed by atoms with Gasteiger partial charge in [0.1, 0.15) is 11.8 Å². The number of rotatable bonds is 2. The van der Waals surface area contributed by atoms with Crippen LogP contribution in [0.25, 0.3) is 0 Å². The van der Waals surface area contributed by atoms with E-state index in [9.17, 15) is 0 Å². The predicted octanol–water partition coefficient (Wildman–Crippen LogP) is 2.33. The van der Waals surface area contributed by atoms with Crippen LogP contribution in [0.3, 0.4) is 0 Å². The standard InChI is InChI=1S/C12H9N3O/c13-8-9-3-1-2-4-11(9)16-12-7-10(14)5-6-15-12/h1-7H,(H2,14,15). The van der Waals surface area contributed by atoms with Crippen LogP contribution >= 0.6 is 0 Å². The number of hydrogen-bond donors (Lipinski definition) is 1. The molecule has 0 saturated carbocycles. The van der Waals surface area contributed by atoms with Crippen LogP contribution in [0.15, 0.2) is 42.6 Å². The molecule has 1 aromatic heterocycles. The lowest BCUT2D eigenvalue weighted by Crippen LogP contribution is -1.92. The number of nitrogens with zero attached hydrogens (tertiary/aromatic N) is 2. The summed E-state index contributed by atoms with van der Waals surface area (Å²) >= 11 is 0. The van der Waals surface area contributed by atoms with Crippen molar-refractivity contribution in [3.05, 3.63) is 48.2 Å². The Labute approximate surface area is 92.9 Å². The van der Waals surface area contributed by atoms with Gasteiger partial charge in [-0.25, -0.2) is 4.98 Å². The number of anilines is 1. The second kappa shape index (κ2) is 4.32. The molecular formula is C12H9N3O. The minimum atomic E-state index is 0.378. The summed E-state index contributed by atoms with van der Waals surface area (Å²) in [7, 11) is 0. The average Bonchev–Trinajstić information content (AvgIpc) is 2.30. The lowest BCUT2D eigenvalue weighted by atomic mass is 10.2. The molecule has 0 saturated heterocycles. The Hall–Kier alpha value is -2.54. The highest BCUT2D eigenvalue weighted by atomic mass is 16.5. The maximum atomic E-state index is 8.88. The van der Waals surface area contributed by atoms with E-state index in [1.165, 1.54) is 0 Å². The van der Waals surface area contributed by atoms with Gasteiger partial charge >= 0.3 is 0 Å². The maximum absolute atomic E-state index is 8.88. The molecule has 0 fully saturated rings. The number of aromatic nitrogens is 1. The minimum absolute atomic E-state index is 0.378. The van der Waals surface area contributed by atoms with Gasteiger partial charge in [0.2, 0.25) is 5.88 Å². The van der Waals surface area contributed by atoms with Crippen molar-refractivity contribution in [2.75, 3.05) is 5.73 Å². The van der Waals surface area contributed by atoms with E-state index >= 15 is 0 Å². The number of benzene rings is 1. The van der Waals surface area contributed by atoms with Crippen LogP contribution in [0, 0.1) is 11.3 Å². The quantitative estimate of drug-likeness (QED) is 0.827. The lowest BCUT2D eigenvalue weighted by Gasteiger charge is -2.05. The molecule has 0 amide bonds. The largest absolute Gasteiger partial charge is 0.438 e. The first-order valence-corrected chi connectivity index (χ1v) is 4.68. The highest BCUT2D eigenvalue weighted by Gasteiger charge is 2.04. The van der Waals surface area contributed by atoms with E-state index in [4.69, 9.17) is 15.7 Å². The summed E-state index contributed by atoms with van der Waals surface area (Å²) in [5.74, 6) is 0.853. The SMILES string of the molecule is N#Cc1ccccc1Oc1cc(N)ccn1. The first kappa shape index (κ1) is 9.99. The average molecular weight is 211 g/mol. The van der Waals surface area contributed by atoms with Gasteiger partial charge in [-0.15, -0.1) is 0 Å². The molecule has 0 radical (unpaired) electrons. The van der Waals surface area contributed by atoms with E-state index in [-0.39, 0.29) is 0 Å². The highest BCUT2D eigenvalue weighted by Crippen LogP contribution is 2.23. The van der Waals surface area contributed by atoms with E-state index < -0.39 is 0 Å². The Balaban J connectivity index is 2.31. The topological polar surface area (TPSA) is 71.9 Å². The predicted molar refractivity (Wildman–Crippen MR) is 59.9 cm³/mol. The van der Waals surface area contributed by atoms with Gasteiger partial charge in [-0.3, -0.25) is 0 Å². The monoisotopic (exact) mass is 211 g/mol. The third-order valence-electron chi connectivity index (χ3n) is 1.98. The van der Waals surface area contributed by atoms with Gasteiger partial charge in [0.05, 0.1) is 5.56 Å². The molecule has 4 heteroatoms. The summed E-state index contributed by atoms with van der Waals surface area (Å²) < 4.78 is 5.47. The van der Waals surface area contributed by atoms with Gasteiger partial charge in [-0.05, 0) is 18.2 Å². The zero-order chi connectivity index (χ0) is 11.4. The number of nitriles is 1. The van der Waals surface area contributed by atoms with Crippen molar-refractivity contribution in [2.45, 2.75) is 0 Å². The Morgan fingerprint density at radius 1 is 1.25 bits per heavy atom. The van der Waals surface area contributed by atoms with Crippen molar-refractivity contribution in [3.63, 3.8) is 0 Å². The number of nitrogens with two attached hydrogens (primary N) is 1. The molecule has 2 N–H and O–H groups in total. The van der Waals surface area contributed by atoms with E-state index in [0.29, 0.717) is 22.9 Å². The van der Waals surface area contributed by atoms with Crippen LogP contribution in [-0.2, 0) is 0 Å². The number of hydrogen-bond acceptors (Lipinski definition) is 4. The van der Waals surface area contributed by atoms with Crippen molar-refractivity contribution < 1.29 is 4.74 Å². The van der Waals surface area contributed by atoms with E-state index in [2.05, 4.69) is 4.98 Å². The molecule has 2 aromatic rings. The van der Waals surface area contributed by atoms with Crippen molar-refractivity contribution in [2.24, 2.45) is 0 Å². The molecule has 0 unspecified atom stereocenters. The van der Waals surface area contributed by atoms with Crippen LogP contribution < -0.4 is 10.5 Å². The van der Waals surface area contributed by atoms with Gasteiger partial charge in [-0.1, -0.05) is 12.1 Å². The lowest BCUT2D eigenvalue weighted by molar-refractivity contribution is 0.462. The molecule has 16 heavy (non-hydrogen) atoms. The molecule has 2 rings (SSSR count). The number of pyridine rings is 1. The zero-order valence-corrected chi connectivity index (χ0v) is 8.42. The van der Waals surface area contributed by atoms with Crippen LogP contribution in [0.5, 0.6) is 11.6 Å². The molecule has 78 valence electrons. The van der Waals surface area contributed by atoms with Gasteiger partial charge < -0.3 is 10.5 Å². The van der Waals surface area contributed by atoms with Gasteiger partial charge in [0, 0.05) is 18.0 Å². The third-order valence-corrected chi connectivity index (χ3v) is 1.98. The van der Waals surface area contributed by atoms with Crippen molar-refractivity contribution in [1.82, 2.24) is 4.98 Å². The molecule has 4 nitrogen and oxygen atoms in total. The summed E-state index contributed by atoms with van der Waals surface area (Å²) in [6, 6.07) is 12.3. The van der Waals surface area contributed by atoms with Gasteiger partial charge in [-0.2, -0.15) is 5.26 Å². The molecular weight excluding hydrogens is 202 g/mol. The fraction of sp³-hybridized carbons (Fsp3) is 0. The Bertz CT molecular complexity index is 546. The summed E-state index contributed by atoms with van der Waals surface area (Å²) in [4.78, 5) is 4.00. The Kier molecular flexibility index (Phi) is 2.70. The summed E-state index contributed by atoms with van der Waals surface area (Å²) in [6.07, 6.45) is 1.56. The van der Waals surface area contributed by atoms with E-state index in [0.717, 1.165) is 0 Å². The first-order valence-electron chi connectivity index (χ1n) is 4.68. The van der Waals surface area contributed by atoms with Crippen LogP contribution in [0.1, 0.15) is 5.56 Å². The molecule has 0 spiro atoms. The van der Waals surface area contributed by atoms with Crippen molar-refractivity contribution >= 4 is 5.69 Å². The molecule has 0 aliphatic heterocycles. The van der Waals surface area contributed by atoms with Gasteiger partial charge in [0.25, 0.3) is 0 Å². The number of para-hydroxylation sites is 1. The minimum Gasteiger partial charge on any atom is -0.438 e. The summed E-state index contributed by atoms with van der Waals surface area (Å²) in [6.45, 7) is 0. The fourth-order valence-electron chi connectivity index (χ4n) is 1.24. The molecule has 1 heterocycles. The molecule has 0 atom stereocenters. The summed E-state index contributed by atoms with van der Waals surface area (Å²) in [5, 5.41) is 8.88. The second-order valence-corrected chi connectivity index (χ2v) is 3.14. The Morgan fingerprint density at radius 3 is 2.81 bits per heavy atom. The summed E-state index contributed by atoms with van der Waals surface area (Å²) in [5.41, 5.74) is 6.63. The zero-order valence-electron chi connectivity index (χ0n) is 8.42. The highest BCUT2D eigenvalue weighted by molar-refractivity contribution is 5.46. The third kappa shape index (κ3) is 2.10. The first-order chi connectivity index (χ1) is 7.79. The van der Waals surface area contributed by atoms with Crippen molar-refractivity contribution in [1.29, 1.82) is 5.26 Å². The van der Waals surface area contributed by atoms with Crippen molar-refractivity contribution in [3.8, 4) is 17.7 Å². The van der Waals surface area contributed by atoms with Crippen LogP contribution in [0.2, 0.25) is 0 Å². The number of nitrogen functional groups attached to an aromatic ring is 1. The fourth-order valence-corrected chi connectivity index (χ4v) is 1.24. The molecule has 0 aliphatic carbocycles. The van der Waals surface area contributed by atoms with E-state index in [1.54, 1.807) is 42.6 Å². The molecule has 0 aliphatic rings. The maximum Gasteiger partial charge on any atom is 0.221 e. The number of ether oxygens (including phenoxy) is 1. The second-order valence-electron chi connectivity index (χ2n) is 3.14. The van der Waals surface area contributed by atoms with Crippen LogP contribution in [-0.4, -0.2) is 4.98 Å².